The average molecular weight is 544 g/mol. The lowest BCUT2D eigenvalue weighted by atomic mass is 9.88. The third-order valence-electron chi connectivity index (χ3n) is 6.78. The highest BCUT2D eigenvalue weighted by Crippen LogP contribution is 2.33. The molecule has 0 spiro atoms. The Morgan fingerprint density at radius 3 is 2.62 bits per heavy atom. The summed E-state index contributed by atoms with van der Waals surface area (Å²) in [6.07, 6.45) is 6.21. The standard InChI is InChI=1S/C29H26FN5O5/c30-22-13-5-7-15-24(22)32-26(36)18-40-27-20(11-8-16-25(27)35(38)39)17-31-34-28(19-9-2-1-3-10-19)33-23-14-6-4-12-21(23)29(34)37/h4-8,11-17,19H,1-3,9-10,18H2,(H,32,36). The van der Waals surface area contributed by atoms with E-state index in [1.807, 2.05) is 6.07 Å². The summed E-state index contributed by atoms with van der Waals surface area (Å²) in [5, 5.41) is 19.0. The minimum absolute atomic E-state index is 0.0427. The number of nitro benzene ring substituents is 1. The van der Waals surface area contributed by atoms with E-state index < -0.39 is 23.3 Å². The number of nitrogens with one attached hydrogen (secondary N) is 1. The van der Waals surface area contributed by atoms with Crippen molar-refractivity contribution in [1.29, 1.82) is 0 Å². The van der Waals surface area contributed by atoms with Crippen LogP contribution in [0.1, 0.15) is 49.4 Å². The molecule has 5 rings (SSSR count). The first-order valence-electron chi connectivity index (χ1n) is 12.9. The van der Waals surface area contributed by atoms with Crippen molar-refractivity contribution in [3.05, 3.63) is 104 Å². The van der Waals surface area contributed by atoms with E-state index in [2.05, 4.69) is 10.4 Å². The maximum atomic E-state index is 13.9. The van der Waals surface area contributed by atoms with Gasteiger partial charge in [0.05, 0.1) is 27.7 Å². The first kappa shape index (κ1) is 26.7. The van der Waals surface area contributed by atoms with Gasteiger partial charge in [-0.25, -0.2) is 9.37 Å². The van der Waals surface area contributed by atoms with Crippen LogP contribution >= 0.6 is 0 Å². The molecule has 1 fully saturated rings. The van der Waals surface area contributed by atoms with Crippen LogP contribution in [0.25, 0.3) is 10.9 Å². The zero-order valence-electron chi connectivity index (χ0n) is 21.5. The molecule has 10 nitrogen and oxygen atoms in total. The Bertz CT molecular complexity index is 1660. The van der Waals surface area contributed by atoms with E-state index in [4.69, 9.17) is 9.72 Å². The van der Waals surface area contributed by atoms with Gasteiger partial charge in [-0.3, -0.25) is 19.7 Å². The second kappa shape index (κ2) is 11.9. The van der Waals surface area contributed by atoms with Gasteiger partial charge >= 0.3 is 5.69 Å². The van der Waals surface area contributed by atoms with Crippen molar-refractivity contribution in [2.45, 2.75) is 38.0 Å². The molecular formula is C29H26FN5O5. The van der Waals surface area contributed by atoms with Crippen LogP contribution in [0, 0.1) is 15.9 Å². The number of anilines is 1. The maximum absolute atomic E-state index is 13.9. The monoisotopic (exact) mass is 543 g/mol. The van der Waals surface area contributed by atoms with Crippen LogP contribution in [0.5, 0.6) is 5.75 Å². The SMILES string of the molecule is O=C(COc1c(C=Nn2c(C3CCCCC3)nc3ccccc3c2=O)cccc1[N+](=O)[O-])Nc1ccccc1F. The molecule has 1 heterocycles. The number of halogens is 1. The fourth-order valence-corrected chi connectivity index (χ4v) is 4.83. The Morgan fingerprint density at radius 1 is 1.10 bits per heavy atom. The molecule has 0 atom stereocenters. The zero-order chi connectivity index (χ0) is 28.1. The Morgan fingerprint density at radius 2 is 1.85 bits per heavy atom. The second-order valence-electron chi connectivity index (χ2n) is 9.45. The van der Waals surface area contributed by atoms with Crippen LogP contribution in [0.3, 0.4) is 0 Å². The zero-order valence-corrected chi connectivity index (χ0v) is 21.5. The van der Waals surface area contributed by atoms with E-state index in [9.17, 15) is 24.1 Å². The quantitative estimate of drug-likeness (QED) is 0.180. The molecule has 11 heteroatoms. The van der Waals surface area contributed by atoms with Crippen molar-refractivity contribution in [1.82, 2.24) is 9.66 Å². The van der Waals surface area contributed by atoms with Gasteiger partial charge in [0, 0.05) is 17.5 Å². The summed E-state index contributed by atoms with van der Waals surface area (Å²) in [4.78, 5) is 41.8. The number of ether oxygens (including phenoxy) is 1. The van der Waals surface area contributed by atoms with Crippen LogP contribution < -0.4 is 15.6 Å². The third kappa shape index (κ3) is 5.73. The van der Waals surface area contributed by atoms with Gasteiger partial charge in [-0.2, -0.15) is 9.78 Å². The average Bonchev–Trinajstić information content (AvgIpc) is 2.97. The largest absolute Gasteiger partial charge is 0.476 e. The number of hydrogen-bond acceptors (Lipinski definition) is 7. The molecule has 1 saturated carbocycles. The highest BCUT2D eigenvalue weighted by atomic mass is 19.1. The van der Waals surface area contributed by atoms with Gasteiger partial charge in [-0.05, 0) is 43.2 Å². The first-order chi connectivity index (χ1) is 19.4. The fourth-order valence-electron chi connectivity index (χ4n) is 4.83. The minimum atomic E-state index is -0.708. The summed E-state index contributed by atoms with van der Waals surface area (Å²) in [5.74, 6) is -0.956. The number of amides is 1. The molecule has 0 saturated heterocycles. The normalized spacial score (nSPS) is 13.9. The number of rotatable bonds is 8. The lowest BCUT2D eigenvalue weighted by molar-refractivity contribution is -0.385. The van der Waals surface area contributed by atoms with E-state index in [-0.39, 0.29) is 34.2 Å². The third-order valence-corrected chi connectivity index (χ3v) is 6.78. The van der Waals surface area contributed by atoms with E-state index in [0.717, 1.165) is 32.1 Å². The molecule has 1 amide bonds. The molecule has 0 bridgehead atoms. The van der Waals surface area contributed by atoms with Gasteiger partial charge in [0.15, 0.2) is 6.61 Å². The van der Waals surface area contributed by atoms with Crippen LogP contribution in [-0.2, 0) is 4.79 Å². The van der Waals surface area contributed by atoms with E-state index in [1.54, 1.807) is 24.3 Å². The number of fused-ring (bicyclic) bond motifs is 1. The van der Waals surface area contributed by atoms with Crippen LogP contribution in [0.15, 0.2) is 76.6 Å². The number of nitro groups is 1. The van der Waals surface area contributed by atoms with E-state index >= 15 is 0 Å². The van der Waals surface area contributed by atoms with Crippen LogP contribution in [-0.4, -0.2) is 33.3 Å². The molecule has 204 valence electrons. The smallest absolute Gasteiger partial charge is 0.311 e. The minimum Gasteiger partial charge on any atom is -0.476 e. The Balaban J connectivity index is 1.49. The van der Waals surface area contributed by atoms with Gasteiger partial charge in [-0.15, -0.1) is 0 Å². The summed E-state index contributed by atoms with van der Waals surface area (Å²) in [6.45, 7) is -0.620. The van der Waals surface area contributed by atoms with Crippen molar-refractivity contribution < 1.29 is 18.8 Å². The summed E-state index contributed by atoms with van der Waals surface area (Å²) in [7, 11) is 0. The molecule has 3 aromatic carbocycles. The van der Waals surface area contributed by atoms with Crippen molar-refractivity contribution in [3.63, 3.8) is 0 Å². The fraction of sp³-hybridized carbons (Fsp3) is 0.241. The molecule has 1 aromatic heterocycles. The summed E-state index contributed by atoms with van der Waals surface area (Å²) < 4.78 is 20.7. The van der Waals surface area contributed by atoms with Crippen molar-refractivity contribution in [2.24, 2.45) is 5.10 Å². The number of carbonyl (C=O) groups is 1. The van der Waals surface area contributed by atoms with Crippen LogP contribution in [0.2, 0.25) is 0 Å². The topological polar surface area (TPSA) is 129 Å². The van der Waals surface area contributed by atoms with Gasteiger partial charge in [0.25, 0.3) is 11.5 Å². The summed E-state index contributed by atoms with van der Waals surface area (Å²) >= 11 is 0. The summed E-state index contributed by atoms with van der Waals surface area (Å²) in [6, 6.07) is 16.9. The lowest BCUT2D eigenvalue weighted by Crippen LogP contribution is -2.25. The molecule has 0 radical (unpaired) electrons. The number of aromatic nitrogens is 2. The summed E-state index contributed by atoms with van der Waals surface area (Å²) in [5.41, 5.74) is -0.0140. The lowest BCUT2D eigenvalue weighted by Gasteiger charge is -2.22. The van der Waals surface area contributed by atoms with Gasteiger partial charge in [0.2, 0.25) is 5.75 Å². The van der Waals surface area contributed by atoms with Gasteiger partial charge < -0.3 is 10.1 Å². The first-order valence-corrected chi connectivity index (χ1v) is 12.9. The highest BCUT2D eigenvalue weighted by molar-refractivity contribution is 5.92. The van der Waals surface area contributed by atoms with E-state index in [1.165, 1.54) is 47.3 Å². The van der Waals surface area contributed by atoms with Crippen molar-refractivity contribution in [3.8, 4) is 5.75 Å². The number of carbonyl (C=O) groups excluding carboxylic acids is 1. The van der Waals surface area contributed by atoms with Gasteiger partial charge in [0.1, 0.15) is 11.6 Å². The van der Waals surface area contributed by atoms with Crippen LogP contribution in [0.4, 0.5) is 15.8 Å². The highest BCUT2D eigenvalue weighted by Gasteiger charge is 2.23. The number of benzene rings is 3. The van der Waals surface area contributed by atoms with Crippen molar-refractivity contribution >= 4 is 34.4 Å². The Labute approximate surface area is 228 Å². The number of nitrogens with zero attached hydrogens (tertiary/aromatic N) is 4. The second-order valence-corrected chi connectivity index (χ2v) is 9.45. The Kier molecular flexibility index (Phi) is 7.90. The number of para-hydroxylation sites is 3. The molecule has 1 N–H and O–H groups in total. The molecule has 4 aromatic rings. The number of hydrogen-bond donors (Lipinski definition) is 1. The maximum Gasteiger partial charge on any atom is 0.311 e. The van der Waals surface area contributed by atoms with Gasteiger partial charge in [-0.1, -0.05) is 49.6 Å². The van der Waals surface area contributed by atoms with E-state index in [0.29, 0.717) is 16.7 Å². The molecular weight excluding hydrogens is 517 g/mol. The molecule has 1 aliphatic rings. The molecule has 40 heavy (non-hydrogen) atoms. The molecule has 0 unspecified atom stereocenters. The van der Waals surface area contributed by atoms with Crippen molar-refractivity contribution in [2.75, 3.05) is 11.9 Å². The molecule has 1 aliphatic carbocycles. The Hall–Kier alpha value is -4.93. The predicted octanol–water partition coefficient (Wildman–Crippen LogP) is 5.39. The molecule has 0 aliphatic heterocycles. The predicted molar refractivity (Wildman–Crippen MR) is 148 cm³/mol.